The Morgan fingerprint density at radius 1 is 1.50 bits per heavy atom. The van der Waals surface area contributed by atoms with Crippen LogP contribution < -0.4 is 5.73 Å². The minimum absolute atomic E-state index is 0.357. The van der Waals surface area contributed by atoms with Gasteiger partial charge in [-0.3, -0.25) is 4.90 Å². The van der Waals surface area contributed by atoms with Crippen molar-refractivity contribution in [3.63, 3.8) is 0 Å². The van der Waals surface area contributed by atoms with E-state index in [4.69, 9.17) is 10.5 Å². The molecule has 0 amide bonds. The first-order valence-corrected chi connectivity index (χ1v) is 6.05. The zero-order valence-electron chi connectivity index (χ0n) is 10.4. The lowest BCUT2D eigenvalue weighted by Crippen LogP contribution is -2.56. The van der Waals surface area contributed by atoms with E-state index in [0.717, 1.165) is 19.6 Å². The number of nitrogens with two attached hydrogens (primary N) is 1. The highest BCUT2D eigenvalue weighted by Gasteiger charge is 2.25. The third kappa shape index (κ3) is 4.35. The maximum atomic E-state index is 9.79. The van der Waals surface area contributed by atoms with Crippen LogP contribution >= 0.6 is 0 Å². The standard InChI is InChI=1S/C11H25N3O2/c1-3-16-9-11(15)8-14-5-4-13(2)7-10(14)6-12/h10-11,15H,3-9,12H2,1-2H3. The van der Waals surface area contributed by atoms with Crippen molar-refractivity contribution in [1.82, 2.24) is 9.80 Å². The van der Waals surface area contributed by atoms with Crippen LogP contribution in [0.5, 0.6) is 0 Å². The average molecular weight is 231 g/mol. The molecule has 0 aliphatic carbocycles. The van der Waals surface area contributed by atoms with Crippen LogP contribution in [0.3, 0.4) is 0 Å². The predicted octanol–water partition coefficient (Wildman–Crippen LogP) is -1.04. The van der Waals surface area contributed by atoms with Gasteiger partial charge in [-0.1, -0.05) is 0 Å². The minimum atomic E-state index is -0.405. The van der Waals surface area contributed by atoms with Crippen molar-refractivity contribution in [3.05, 3.63) is 0 Å². The van der Waals surface area contributed by atoms with Crippen molar-refractivity contribution >= 4 is 0 Å². The summed E-state index contributed by atoms with van der Waals surface area (Å²) in [4.78, 5) is 4.55. The van der Waals surface area contributed by atoms with E-state index in [-0.39, 0.29) is 0 Å². The molecule has 1 fully saturated rings. The van der Waals surface area contributed by atoms with Crippen molar-refractivity contribution < 1.29 is 9.84 Å². The molecule has 0 radical (unpaired) electrons. The highest BCUT2D eigenvalue weighted by Crippen LogP contribution is 2.08. The van der Waals surface area contributed by atoms with Crippen LogP contribution in [-0.4, -0.2) is 80.0 Å². The molecule has 0 spiro atoms. The Labute approximate surface area is 98.2 Å². The number of aliphatic hydroxyl groups is 1. The quantitative estimate of drug-likeness (QED) is 0.611. The second-order valence-corrected chi connectivity index (χ2v) is 4.46. The number of piperazine rings is 1. The molecule has 96 valence electrons. The fourth-order valence-electron chi connectivity index (χ4n) is 2.09. The average Bonchev–Trinajstić information content (AvgIpc) is 2.28. The zero-order valence-corrected chi connectivity index (χ0v) is 10.4. The number of likely N-dealkylation sites (N-methyl/N-ethyl adjacent to an activating group) is 1. The monoisotopic (exact) mass is 231 g/mol. The molecule has 5 heteroatoms. The van der Waals surface area contributed by atoms with Gasteiger partial charge in [0.05, 0.1) is 12.7 Å². The van der Waals surface area contributed by atoms with E-state index >= 15 is 0 Å². The van der Waals surface area contributed by atoms with Crippen LogP contribution in [0.2, 0.25) is 0 Å². The van der Waals surface area contributed by atoms with E-state index < -0.39 is 6.10 Å². The largest absolute Gasteiger partial charge is 0.389 e. The Morgan fingerprint density at radius 2 is 2.25 bits per heavy atom. The number of β-amino-alcohol motifs (C(OH)–C–C–N with tert-alkyl or cyclic N) is 1. The topological polar surface area (TPSA) is 62.0 Å². The number of aliphatic hydroxyl groups excluding tert-OH is 1. The van der Waals surface area contributed by atoms with E-state index in [9.17, 15) is 5.11 Å². The number of rotatable bonds is 6. The van der Waals surface area contributed by atoms with Crippen LogP contribution in [0.1, 0.15) is 6.92 Å². The summed E-state index contributed by atoms with van der Waals surface area (Å²) in [7, 11) is 2.11. The molecule has 1 saturated heterocycles. The number of ether oxygens (including phenoxy) is 1. The maximum absolute atomic E-state index is 9.79. The summed E-state index contributed by atoms with van der Waals surface area (Å²) in [5.41, 5.74) is 5.75. The van der Waals surface area contributed by atoms with Crippen molar-refractivity contribution in [1.29, 1.82) is 0 Å². The highest BCUT2D eigenvalue weighted by molar-refractivity contribution is 4.82. The van der Waals surface area contributed by atoms with E-state index in [1.165, 1.54) is 0 Å². The first-order chi connectivity index (χ1) is 7.67. The molecule has 0 aromatic rings. The van der Waals surface area contributed by atoms with Crippen molar-refractivity contribution in [2.24, 2.45) is 5.73 Å². The molecule has 0 saturated carbocycles. The summed E-state index contributed by atoms with van der Waals surface area (Å²) < 4.78 is 5.21. The predicted molar refractivity (Wildman–Crippen MR) is 64.4 cm³/mol. The lowest BCUT2D eigenvalue weighted by atomic mass is 10.1. The maximum Gasteiger partial charge on any atom is 0.0900 e. The smallest absolute Gasteiger partial charge is 0.0900 e. The first-order valence-electron chi connectivity index (χ1n) is 6.05. The lowest BCUT2D eigenvalue weighted by Gasteiger charge is -2.40. The van der Waals surface area contributed by atoms with Gasteiger partial charge < -0.3 is 20.5 Å². The summed E-state index contributed by atoms with van der Waals surface area (Å²) in [6, 6.07) is 0.357. The zero-order chi connectivity index (χ0) is 12.0. The van der Waals surface area contributed by atoms with Gasteiger partial charge in [-0.25, -0.2) is 0 Å². The molecule has 1 aliphatic heterocycles. The van der Waals surface area contributed by atoms with Crippen LogP contribution in [0.4, 0.5) is 0 Å². The van der Waals surface area contributed by atoms with Gasteiger partial charge in [0.2, 0.25) is 0 Å². The fraction of sp³-hybridized carbons (Fsp3) is 1.00. The Morgan fingerprint density at radius 3 is 2.88 bits per heavy atom. The van der Waals surface area contributed by atoms with Gasteiger partial charge in [0.1, 0.15) is 0 Å². The van der Waals surface area contributed by atoms with Gasteiger partial charge >= 0.3 is 0 Å². The third-order valence-electron chi connectivity index (χ3n) is 3.04. The van der Waals surface area contributed by atoms with Crippen LogP contribution in [0.25, 0.3) is 0 Å². The van der Waals surface area contributed by atoms with Gasteiger partial charge in [0.25, 0.3) is 0 Å². The molecule has 16 heavy (non-hydrogen) atoms. The molecule has 1 heterocycles. The Hall–Kier alpha value is -0.200. The normalized spacial score (nSPS) is 25.9. The molecule has 3 N–H and O–H groups in total. The Balaban J connectivity index is 2.33. The molecule has 1 aliphatic rings. The van der Waals surface area contributed by atoms with E-state index in [1.54, 1.807) is 0 Å². The van der Waals surface area contributed by atoms with Crippen molar-refractivity contribution in [2.75, 3.05) is 53.0 Å². The minimum Gasteiger partial charge on any atom is -0.389 e. The summed E-state index contributed by atoms with van der Waals surface area (Å²) in [5, 5.41) is 9.79. The number of hydrogen-bond donors (Lipinski definition) is 2. The van der Waals surface area contributed by atoms with E-state index in [1.807, 2.05) is 6.92 Å². The SMILES string of the molecule is CCOCC(O)CN1CCN(C)CC1CN. The summed E-state index contributed by atoms with van der Waals surface area (Å²) in [6.07, 6.45) is -0.405. The molecule has 0 bridgehead atoms. The van der Waals surface area contributed by atoms with E-state index in [2.05, 4.69) is 16.8 Å². The summed E-state index contributed by atoms with van der Waals surface area (Å²) in [5.74, 6) is 0. The van der Waals surface area contributed by atoms with Crippen molar-refractivity contribution in [3.8, 4) is 0 Å². The highest BCUT2D eigenvalue weighted by atomic mass is 16.5. The second kappa shape index (κ2) is 7.19. The van der Waals surface area contributed by atoms with Gasteiger partial charge in [-0.05, 0) is 14.0 Å². The summed E-state index contributed by atoms with van der Waals surface area (Å²) in [6.45, 7) is 7.31. The number of nitrogens with zero attached hydrogens (tertiary/aromatic N) is 2. The Kier molecular flexibility index (Phi) is 6.23. The molecule has 5 nitrogen and oxygen atoms in total. The second-order valence-electron chi connectivity index (χ2n) is 4.46. The molecule has 1 rings (SSSR count). The first kappa shape index (κ1) is 13.9. The molecular weight excluding hydrogens is 206 g/mol. The van der Waals surface area contributed by atoms with Gasteiger partial charge in [-0.2, -0.15) is 0 Å². The Bertz CT molecular complexity index is 192. The van der Waals surface area contributed by atoms with E-state index in [0.29, 0.717) is 32.3 Å². The van der Waals surface area contributed by atoms with Crippen LogP contribution in [0, 0.1) is 0 Å². The third-order valence-corrected chi connectivity index (χ3v) is 3.04. The van der Waals surface area contributed by atoms with Crippen molar-refractivity contribution in [2.45, 2.75) is 19.1 Å². The van der Waals surface area contributed by atoms with Gasteiger partial charge in [0, 0.05) is 45.4 Å². The number of hydrogen-bond acceptors (Lipinski definition) is 5. The lowest BCUT2D eigenvalue weighted by molar-refractivity contribution is -0.00217. The molecule has 0 aromatic heterocycles. The molecule has 0 aromatic carbocycles. The molecular formula is C11H25N3O2. The summed E-state index contributed by atoms with van der Waals surface area (Å²) >= 11 is 0. The van der Waals surface area contributed by atoms with Crippen LogP contribution in [-0.2, 0) is 4.74 Å². The van der Waals surface area contributed by atoms with Crippen LogP contribution in [0.15, 0.2) is 0 Å². The molecule has 2 unspecified atom stereocenters. The van der Waals surface area contributed by atoms with Gasteiger partial charge in [-0.15, -0.1) is 0 Å². The van der Waals surface area contributed by atoms with Gasteiger partial charge in [0.15, 0.2) is 0 Å². The fourth-order valence-corrected chi connectivity index (χ4v) is 2.09. The molecule has 2 atom stereocenters.